The second kappa shape index (κ2) is 7.57. The maximum absolute atomic E-state index is 12.3. The van der Waals surface area contributed by atoms with Gasteiger partial charge >= 0.3 is 0 Å². The molecule has 1 rings (SSSR count). The Morgan fingerprint density at radius 1 is 1.32 bits per heavy atom. The standard InChI is InChI=1S/C16H19NO4Si/c1-5-21-12-15(16(18)10-11-22(2,3)4)13-6-8-14(9-7-13)17(19)20/h6-9,12H,5H2,1-4H3/b15-12+. The molecule has 0 aliphatic rings. The van der Waals surface area contributed by atoms with Crippen LogP contribution in [-0.4, -0.2) is 25.4 Å². The van der Waals surface area contributed by atoms with Gasteiger partial charge in [0.05, 0.1) is 23.4 Å². The fraction of sp³-hybridized carbons (Fsp3) is 0.312. The summed E-state index contributed by atoms with van der Waals surface area (Å²) in [6.07, 6.45) is 1.36. The second-order valence-electron chi connectivity index (χ2n) is 5.62. The predicted octanol–water partition coefficient (Wildman–Crippen LogP) is 3.42. The molecule has 0 aliphatic heterocycles. The van der Waals surface area contributed by atoms with Crippen LogP contribution >= 0.6 is 0 Å². The Morgan fingerprint density at radius 3 is 2.36 bits per heavy atom. The fourth-order valence-corrected chi connectivity index (χ4v) is 1.98. The molecule has 5 nitrogen and oxygen atoms in total. The highest BCUT2D eigenvalue weighted by Crippen LogP contribution is 2.20. The van der Waals surface area contributed by atoms with Gasteiger partial charge in [-0.2, -0.15) is 0 Å². The monoisotopic (exact) mass is 317 g/mol. The molecule has 0 N–H and O–H groups in total. The van der Waals surface area contributed by atoms with Crippen LogP contribution in [0.25, 0.3) is 5.57 Å². The first-order valence-electron chi connectivity index (χ1n) is 6.88. The summed E-state index contributed by atoms with van der Waals surface area (Å²) in [5.41, 5.74) is 3.84. The highest BCUT2D eigenvalue weighted by Gasteiger charge is 2.14. The van der Waals surface area contributed by atoms with Gasteiger partial charge in [-0.05, 0) is 30.5 Å². The molecular formula is C16H19NO4Si. The highest BCUT2D eigenvalue weighted by molar-refractivity contribution is 6.84. The van der Waals surface area contributed by atoms with Gasteiger partial charge < -0.3 is 4.74 Å². The Bertz CT molecular complexity index is 645. The van der Waals surface area contributed by atoms with Crippen molar-refractivity contribution in [1.82, 2.24) is 0 Å². The minimum absolute atomic E-state index is 0.0276. The van der Waals surface area contributed by atoms with Gasteiger partial charge in [-0.25, -0.2) is 0 Å². The minimum Gasteiger partial charge on any atom is -0.501 e. The first-order valence-corrected chi connectivity index (χ1v) is 10.4. The summed E-state index contributed by atoms with van der Waals surface area (Å²) in [6, 6.07) is 5.76. The number of ketones is 1. The predicted molar refractivity (Wildman–Crippen MR) is 88.8 cm³/mol. The molecule has 0 atom stereocenters. The van der Waals surface area contributed by atoms with Gasteiger partial charge in [0.1, 0.15) is 8.07 Å². The molecule has 0 unspecified atom stereocenters. The molecule has 0 saturated heterocycles. The van der Waals surface area contributed by atoms with Crippen LogP contribution in [0.4, 0.5) is 5.69 Å². The first kappa shape index (κ1) is 17.7. The Kier molecular flexibility index (Phi) is 6.07. The number of allylic oxidation sites excluding steroid dienone is 1. The van der Waals surface area contributed by atoms with E-state index in [9.17, 15) is 14.9 Å². The number of Topliss-reactive ketones (excluding diaryl/α,β-unsaturated/α-hetero) is 1. The Morgan fingerprint density at radius 2 is 1.91 bits per heavy atom. The number of benzene rings is 1. The second-order valence-corrected chi connectivity index (χ2v) is 10.4. The zero-order chi connectivity index (χ0) is 16.8. The lowest BCUT2D eigenvalue weighted by Gasteiger charge is -2.06. The average Bonchev–Trinajstić information content (AvgIpc) is 2.45. The van der Waals surface area contributed by atoms with E-state index in [-0.39, 0.29) is 11.5 Å². The summed E-state index contributed by atoms with van der Waals surface area (Å²) in [5, 5.41) is 10.7. The van der Waals surface area contributed by atoms with Crippen molar-refractivity contribution < 1.29 is 14.5 Å². The highest BCUT2D eigenvalue weighted by atomic mass is 28.3. The van der Waals surface area contributed by atoms with Crippen LogP contribution < -0.4 is 0 Å². The van der Waals surface area contributed by atoms with Crippen LogP contribution in [-0.2, 0) is 9.53 Å². The summed E-state index contributed by atoms with van der Waals surface area (Å²) in [6.45, 7) is 8.37. The summed E-state index contributed by atoms with van der Waals surface area (Å²) < 4.78 is 5.21. The van der Waals surface area contributed by atoms with Crippen molar-refractivity contribution in [2.45, 2.75) is 26.6 Å². The third-order valence-electron chi connectivity index (χ3n) is 2.55. The van der Waals surface area contributed by atoms with E-state index >= 15 is 0 Å². The maximum Gasteiger partial charge on any atom is 0.269 e. The van der Waals surface area contributed by atoms with Crippen LogP contribution in [0.3, 0.4) is 0 Å². The van der Waals surface area contributed by atoms with Crippen molar-refractivity contribution in [2.75, 3.05) is 6.61 Å². The minimum atomic E-state index is -1.66. The summed E-state index contributed by atoms with van der Waals surface area (Å²) in [4.78, 5) is 22.5. The molecule has 0 aromatic heterocycles. The topological polar surface area (TPSA) is 69.4 Å². The van der Waals surface area contributed by atoms with Gasteiger partial charge in [0.25, 0.3) is 5.69 Å². The lowest BCUT2D eigenvalue weighted by atomic mass is 10.0. The maximum atomic E-state index is 12.3. The van der Waals surface area contributed by atoms with Crippen LogP contribution in [0, 0.1) is 21.6 Å². The Labute approximate surface area is 131 Å². The quantitative estimate of drug-likeness (QED) is 0.208. The summed E-state index contributed by atoms with van der Waals surface area (Å²) >= 11 is 0. The van der Waals surface area contributed by atoms with E-state index in [1.165, 1.54) is 30.5 Å². The lowest BCUT2D eigenvalue weighted by molar-refractivity contribution is -0.384. The van der Waals surface area contributed by atoms with Gasteiger partial charge in [0.2, 0.25) is 5.78 Å². The molecule has 0 radical (unpaired) electrons. The third kappa shape index (κ3) is 5.54. The van der Waals surface area contributed by atoms with Crippen molar-refractivity contribution in [3.05, 3.63) is 46.2 Å². The summed E-state index contributed by atoms with van der Waals surface area (Å²) in [5.74, 6) is 2.32. The molecule has 116 valence electrons. The number of nitro groups is 1. The first-order chi connectivity index (χ1) is 10.2. The third-order valence-corrected chi connectivity index (χ3v) is 3.43. The molecule has 0 heterocycles. The van der Waals surface area contributed by atoms with Gasteiger partial charge in [0.15, 0.2) is 0 Å². The molecule has 0 fully saturated rings. The molecule has 0 aliphatic carbocycles. The molecule has 0 amide bonds. The van der Waals surface area contributed by atoms with Gasteiger partial charge in [-0.1, -0.05) is 19.6 Å². The number of non-ortho nitro benzene ring substituents is 1. The van der Waals surface area contributed by atoms with Crippen molar-refractivity contribution in [2.24, 2.45) is 0 Å². The average molecular weight is 317 g/mol. The number of rotatable bonds is 5. The fourth-order valence-electron chi connectivity index (χ4n) is 1.49. The van der Waals surface area contributed by atoms with Crippen molar-refractivity contribution in [1.29, 1.82) is 0 Å². The Hall–Kier alpha value is -2.39. The smallest absolute Gasteiger partial charge is 0.269 e. The van der Waals surface area contributed by atoms with Gasteiger partial charge in [-0.15, -0.1) is 5.54 Å². The van der Waals surface area contributed by atoms with Crippen LogP contribution in [0.1, 0.15) is 12.5 Å². The number of carbonyl (C=O) groups is 1. The van der Waals surface area contributed by atoms with Crippen LogP contribution in [0.2, 0.25) is 19.6 Å². The largest absolute Gasteiger partial charge is 0.501 e. The number of hydrogen-bond donors (Lipinski definition) is 0. The number of hydrogen-bond acceptors (Lipinski definition) is 4. The number of nitrogens with zero attached hydrogens (tertiary/aromatic N) is 1. The van der Waals surface area contributed by atoms with Crippen LogP contribution in [0.15, 0.2) is 30.5 Å². The van der Waals surface area contributed by atoms with Crippen LogP contribution in [0.5, 0.6) is 0 Å². The SMILES string of the molecule is CCO/C=C(/C(=O)C#C[Si](C)(C)C)c1ccc([N+](=O)[O-])cc1. The zero-order valence-electron chi connectivity index (χ0n) is 13.2. The molecule has 0 saturated carbocycles. The van der Waals surface area contributed by atoms with E-state index < -0.39 is 13.0 Å². The number of ether oxygens (including phenoxy) is 1. The number of carbonyl (C=O) groups excluding carboxylic acids is 1. The molecule has 22 heavy (non-hydrogen) atoms. The van der Waals surface area contributed by atoms with Crippen molar-refractivity contribution >= 4 is 25.1 Å². The van der Waals surface area contributed by atoms with Crippen molar-refractivity contribution in [3.63, 3.8) is 0 Å². The van der Waals surface area contributed by atoms with Gasteiger partial charge in [-0.3, -0.25) is 14.9 Å². The van der Waals surface area contributed by atoms with E-state index in [0.717, 1.165) is 0 Å². The number of nitro benzene ring substituents is 1. The van der Waals surface area contributed by atoms with E-state index in [1.807, 2.05) is 26.6 Å². The normalized spacial score (nSPS) is 11.4. The molecule has 0 bridgehead atoms. The van der Waals surface area contributed by atoms with Crippen molar-refractivity contribution in [3.8, 4) is 11.5 Å². The lowest BCUT2D eigenvalue weighted by Crippen LogP contribution is -2.17. The zero-order valence-corrected chi connectivity index (χ0v) is 14.2. The molecule has 1 aromatic carbocycles. The van der Waals surface area contributed by atoms with E-state index in [4.69, 9.17) is 4.74 Å². The molecule has 0 spiro atoms. The van der Waals surface area contributed by atoms with E-state index in [0.29, 0.717) is 17.7 Å². The summed E-state index contributed by atoms with van der Waals surface area (Å²) in [7, 11) is -1.66. The van der Waals surface area contributed by atoms with E-state index in [1.54, 1.807) is 0 Å². The molecule has 1 aromatic rings. The Balaban J connectivity index is 3.15. The molecule has 6 heteroatoms. The van der Waals surface area contributed by atoms with E-state index in [2.05, 4.69) is 11.5 Å². The molecular weight excluding hydrogens is 298 g/mol. The van der Waals surface area contributed by atoms with Gasteiger partial charge in [0, 0.05) is 12.1 Å².